The van der Waals surface area contributed by atoms with Gasteiger partial charge in [-0.15, -0.1) is 0 Å². The molecule has 4 heterocycles. The molecule has 224 valence electrons. The van der Waals surface area contributed by atoms with Gasteiger partial charge in [-0.2, -0.15) is 0 Å². The van der Waals surface area contributed by atoms with E-state index in [9.17, 15) is 45.3 Å². The maximum atomic E-state index is 12.0. The van der Waals surface area contributed by atoms with Gasteiger partial charge in [-0.25, -0.2) is 0 Å². The highest BCUT2D eigenvalue weighted by atomic mass is 16.7. The third-order valence-corrected chi connectivity index (χ3v) is 7.30. The molecule has 4 fully saturated rings. The number of carbonyl (C=O) groups excluding carboxylic acids is 2. The number of ether oxygens (including phenoxy) is 5. The molecule has 0 aromatic rings. The van der Waals surface area contributed by atoms with Crippen LogP contribution in [0.4, 0.5) is 0 Å². The van der Waals surface area contributed by atoms with Crippen LogP contribution in [0, 0.1) is 0 Å². The van der Waals surface area contributed by atoms with E-state index >= 15 is 0 Å². The molecule has 0 aliphatic carbocycles. The van der Waals surface area contributed by atoms with Crippen LogP contribution in [0.15, 0.2) is 0 Å². The van der Waals surface area contributed by atoms with Crippen molar-refractivity contribution in [3.63, 3.8) is 0 Å². The highest BCUT2D eigenvalue weighted by Crippen LogP contribution is 2.41. The first-order valence-electron chi connectivity index (χ1n) is 12.6. The zero-order chi connectivity index (χ0) is 28.8. The molecular formula is C22H37N3O14. The molecule has 15 atom stereocenters. The van der Waals surface area contributed by atoms with Gasteiger partial charge in [0.05, 0.1) is 19.3 Å². The summed E-state index contributed by atoms with van der Waals surface area (Å²) in [5, 5.41) is 79.8. The minimum atomic E-state index is -1.62. The largest absolute Gasteiger partial charge is 0.394 e. The molecule has 0 spiro atoms. The fourth-order valence-electron chi connectivity index (χ4n) is 5.13. The monoisotopic (exact) mass is 567 g/mol. The van der Waals surface area contributed by atoms with Crippen molar-refractivity contribution in [2.75, 3.05) is 13.2 Å². The van der Waals surface area contributed by atoms with Gasteiger partial charge in [0, 0.05) is 13.8 Å². The lowest BCUT2D eigenvalue weighted by molar-refractivity contribution is -0.316. The fourth-order valence-corrected chi connectivity index (χ4v) is 5.13. The van der Waals surface area contributed by atoms with E-state index in [-0.39, 0.29) is 0 Å². The second-order valence-corrected chi connectivity index (χ2v) is 10.2. The Hall–Kier alpha value is -1.58. The summed E-state index contributed by atoms with van der Waals surface area (Å²) in [6.07, 6.45) is -17.6. The average Bonchev–Trinajstić information content (AvgIpc) is 3.57. The van der Waals surface area contributed by atoms with Crippen molar-refractivity contribution in [3.8, 4) is 0 Å². The van der Waals surface area contributed by atoms with Crippen molar-refractivity contribution in [2.45, 2.75) is 112 Å². The van der Waals surface area contributed by atoms with Gasteiger partial charge in [-0.1, -0.05) is 0 Å². The first-order valence-corrected chi connectivity index (χ1v) is 12.6. The van der Waals surface area contributed by atoms with E-state index in [1.807, 2.05) is 0 Å². The molecule has 0 unspecified atom stereocenters. The van der Waals surface area contributed by atoms with Crippen LogP contribution in [0.25, 0.3) is 0 Å². The van der Waals surface area contributed by atoms with Gasteiger partial charge in [-0.3, -0.25) is 14.9 Å². The van der Waals surface area contributed by atoms with Crippen molar-refractivity contribution < 1.29 is 69.0 Å². The minimum Gasteiger partial charge on any atom is -0.394 e. The van der Waals surface area contributed by atoms with Crippen LogP contribution in [-0.4, -0.2) is 152 Å². The lowest BCUT2D eigenvalue weighted by Crippen LogP contribution is -2.69. The molecular weight excluding hydrogens is 530 g/mol. The second-order valence-electron chi connectivity index (χ2n) is 10.2. The summed E-state index contributed by atoms with van der Waals surface area (Å²) in [6, 6.07) is -1.32. The van der Waals surface area contributed by atoms with Crippen molar-refractivity contribution in [1.29, 1.82) is 0 Å². The molecule has 0 saturated carbocycles. The Balaban J connectivity index is 1.53. The molecule has 10 N–H and O–H groups in total. The van der Waals surface area contributed by atoms with E-state index in [1.54, 1.807) is 0 Å². The summed E-state index contributed by atoms with van der Waals surface area (Å²) in [6.45, 7) is 2.78. The first-order chi connectivity index (χ1) is 18.3. The van der Waals surface area contributed by atoms with Gasteiger partial charge in [-0.05, 0) is 6.92 Å². The summed E-state index contributed by atoms with van der Waals surface area (Å²) in [4.78, 5) is 23.8. The normalized spacial score (nSPS) is 49.6. The maximum absolute atomic E-state index is 12.0. The number of fused-ring (bicyclic) bond motifs is 1. The van der Waals surface area contributed by atoms with E-state index in [0.717, 1.165) is 0 Å². The number of hydrogen-bond donors (Lipinski definition) is 10. The molecule has 17 nitrogen and oxygen atoms in total. The van der Waals surface area contributed by atoms with Gasteiger partial charge >= 0.3 is 0 Å². The molecule has 39 heavy (non-hydrogen) atoms. The number of amides is 2. The van der Waals surface area contributed by atoms with E-state index in [4.69, 9.17) is 23.7 Å². The summed E-state index contributed by atoms with van der Waals surface area (Å²) in [5.41, 5.74) is -1.45. The van der Waals surface area contributed by atoms with E-state index < -0.39 is 117 Å². The Bertz CT molecular complexity index is 900. The predicted molar refractivity (Wildman–Crippen MR) is 123 cm³/mol. The van der Waals surface area contributed by atoms with Crippen LogP contribution >= 0.6 is 0 Å². The van der Waals surface area contributed by atoms with Crippen molar-refractivity contribution in [1.82, 2.24) is 16.0 Å². The molecule has 2 amide bonds. The number of carbonyl (C=O) groups is 2. The molecule has 0 radical (unpaired) electrons. The number of aliphatic hydroxyl groups excluding tert-OH is 7. The van der Waals surface area contributed by atoms with Crippen LogP contribution in [0.3, 0.4) is 0 Å². The highest BCUT2D eigenvalue weighted by Gasteiger charge is 2.69. The van der Waals surface area contributed by atoms with Gasteiger partial charge in [0.1, 0.15) is 67.2 Å². The lowest BCUT2D eigenvalue weighted by Gasteiger charge is -2.46. The topological polar surface area (TPSA) is 268 Å². The Morgan fingerprint density at radius 3 is 2.15 bits per heavy atom. The second kappa shape index (κ2) is 11.7. The average molecular weight is 568 g/mol. The Labute approximate surface area is 222 Å². The Morgan fingerprint density at radius 1 is 0.846 bits per heavy atom. The molecule has 17 heteroatoms. The number of hydrogen-bond acceptors (Lipinski definition) is 15. The summed E-state index contributed by atoms with van der Waals surface area (Å²) < 4.78 is 28.4. The molecule has 4 aliphatic rings. The standard InChI is InChI=1S/C22H37N3O14/c1-6-12(29)16(33)17(34)20(36-6)35-5-10-14(31)18(22(24-8(3)28)21(25-22)38-10)39-19-11(23-7(2)27)15(32)13(30)9(4-26)37-19/h6,9-21,25-26,29-34H,4-5H2,1-3H3,(H,23,27)(H,24,28)/t6-,9+,10+,11+,12+,13+,14+,15+,16+,17-,18-,19-,20-,21-,22-/m0/s1. The minimum absolute atomic E-state index is 0.395. The van der Waals surface area contributed by atoms with Crippen LogP contribution in [0.5, 0.6) is 0 Å². The molecule has 4 aliphatic heterocycles. The number of rotatable bonds is 8. The smallest absolute Gasteiger partial charge is 0.218 e. The van der Waals surface area contributed by atoms with Crippen molar-refractivity contribution in [2.24, 2.45) is 0 Å². The summed E-state index contributed by atoms with van der Waals surface area (Å²) >= 11 is 0. The van der Waals surface area contributed by atoms with E-state index in [1.165, 1.54) is 20.8 Å². The predicted octanol–water partition coefficient (Wildman–Crippen LogP) is -6.32. The third kappa shape index (κ3) is 5.91. The Kier molecular flexibility index (Phi) is 9.14. The molecule has 4 rings (SSSR count). The molecule has 0 aromatic carbocycles. The van der Waals surface area contributed by atoms with Crippen LogP contribution in [0.1, 0.15) is 20.8 Å². The number of aliphatic hydroxyl groups is 7. The van der Waals surface area contributed by atoms with Gasteiger partial charge in [0.15, 0.2) is 18.2 Å². The lowest BCUT2D eigenvalue weighted by atomic mass is 9.94. The fraction of sp³-hybridized carbons (Fsp3) is 0.909. The third-order valence-electron chi connectivity index (χ3n) is 7.30. The summed E-state index contributed by atoms with van der Waals surface area (Å²) in [7, 11) is 0. The Morgan fingerprint density at radius 2 is 1.54 bits per heavy atom. The first kappa shape index (κ1) is 30.4. The van der Waals surface area contributed by atoms with E-state index in [0.29, 0.717) is 0 Å². The van der Waals surface area contributed by atoms with Crippen LogP contribution in [0.2, 0.25) is 0 Å². The van der Waals surface area contributed by atoms with Gasteiger partial charge in [0.2, 0.25) is 11.8 Å². The zero-order valence-electron chi connectivity index (χ0n) is 21.5. The quantitative estimate of drug-likeness (QED) is 0.122. The number of nitrogens with one attached hydrogen (secondary N) is 3. The SMILES string of the molecule is CC(=O)N[C@H]1[C@H](O[C@H]2[C@H](O)[C@@H](CO[C@H]3O[C@@H](C)[C@@H](O)[C@@H](O)[C@@H]3O)O[C@@H]3N[C@]32NC(C)=O)O[C@H](CO)[C@@H](O)[C@@H]1O. The molecule has 4 saturated heterocycles. The van der Waals surface area contributed by atoms with Crippen molar-refractivity contribution >= 4 is 11.8 Å². The maximum Gasteiger partial charge on any atom is 0.218 e. The van der Waals surface area contributed by atoms with Gasteiger partial charge < -0.3 is 70.1 Å². The molecule has 0 bridgehead atoms. The van der Waals surface area contributed by atoms with Gasteiger partial charge in [0.25, 0.3) is 0 Å². The van der Waals surface area contributed by atoms with Crippen LogP contribution in [-0.2, 0) is 33.3 Å². The molecule has 0 aromatic heterocycles. The van der Waals surface area contributed by atoms with Crippen LogP contribution < -0.4 is 16.0 Å². The zero-order valence-corrected chi connectivity index (χ0v) is 21.5. The highest BCUT2D eigenvalue weighted by molar-refractivity contribution is 5.75. The summed E-state index contributed by atoms with van der Waals surface area (Å²) in [5.74, 6) is -1.09. The van der Waals surface area contributed by atoms with Crippen molar-refractivity contribution in [3.05, 3.63) is 0 Å². The van der Waals surface area contributed by atoms with E-state index in [2.05, 4.69) is 16.0 Å².